The highest BCUT2D eigenvalue weighted by Gasteiger charge is 2.36. The fourth-order valence-electron chi connectivity index (χ4n) is 5.31. The first-order valence-corrected chi connectivity index (χ1v) is 16.0. The van der Waals surface area contributed by atoms with Gasteiger partial charge >= 0.3 is 6.09 Å². The van der Waals surface area contributed by atoms with E-state index in [-0.39, 0.29) is 36.4 Å². The number of guanidine groups is 1. The Morgan fingerprint density at radius 1 is 1.19 bits per heavy atom. The molecule has 1 saturated heterocycles. The van der Waals surface area contributed by atoms with Crippen LogP contribution in [0.15, 0.2) is 28.0 Å². The number of ether oxygens (including phenoxy) is 3. The van der Waals surface area contributed by atoms with Crippen molar-refractivity contribution >= 4 is 34.1 Å². The lowest BCUT2D eigenvalue weighted by Crippen LogP contribution is -2.60. The average Bonchev–Trinajstić information content (AvgIpc) is 2.92. The summed E-state index contributed by atoms with van der Waals surface area (Å²) in [7, 11) is -4.26. The van der Waals surface area contributed by atoms with Crippen LogP contribution in [0.2, 0.25) is 0 Å². The Labute approximate surface area is 254 Å². The summed E-state index contributed by atoms with van der Waals surface area (Å²) in [4.78, 5) is 25.0. The number of fused-ring (bicyclic) bond motifs is 1. The van der Waals surface area contributed by atoms with Crippen LogP contribution in [0, 0.1) is 20.8 Å². The standard InChI is InChI=1S/C30H45N5O7S/c1-7-17-41-29(37)33-23-12-11-16-35(27(23)40-18-10-8-9-13-24(31)36)28(32)34-43(38,39)26-20(3)19(2)25-22(21(26)4)14-15-30(5,6)42-25/h7,14-15,23,27H,1,8-13,16-18H2,2-6H3,(H2,31,36)(H2,32,34)(H,33,37)/t23-,27?/m0/s1. The van der Waals surface area contributed by atoms with Gasteiger partial charge in [0.1, 0.15) is 18.0 Å². The lowest BCUT2D eigenvalue weighted by molar-refractivity contribution is -0.118. The summed E-state index contributed by atoms with van der Waals surface area (Å²) in [6.45, 7) is 13.4. The van der Waals surface area contributed by atoms with Gasteiger partial charge in [-0.1, -0.05) is 25.2 Å². The fraction of sp³-hybridized carbons (Fsp3) is 0.567. The van der Waals surface area contributed by atoms with Crippen LogP contribution in [0.25, 0.3) is 6.08 Å². The SMILES string of the molecule is C=CCOC(=O)N[C@H]1CCCN(/C(N)=N/S(=O)(=O)c2c(C)c(C)c3c(c2C)C=CC(C)(C)O3)C1OCCCCCC(N)=O. The number of amides is 2. The Hall–Kier alpha value is -3.58. The summed E-state index contributed by atoms with van der Waals surface area (Å²) in [5, 5.41) is 2.80. The zero-order valence-electron chi connectivity index (χ0n) is 25.8. The number of likely N-dealkylation sites (tertiary alicyclic amines) is 1. The van der Waals surface area contributed by atoms with Gasteiger partial charge in [0, 0.05) is 25.1 Å². The van der Waals surface area contributed by atoms with Gasteiger partial charge in [0.2, 0.25) is 11.9 Å². The Morgan fingerprint density at radius 2 is 1.91 bits per heavy atom. The fourth-order valence-corrected chi connectivity index (χ4v) is 6.79. The number of nitrogens with one attached hydrogen (secondary N) is 1. The lowest BCUT2D eigenvalue weighted by Gasteiger charge is -2.41. The highest BCUT2D eigenvalue weighted by molar-refractivity contribution is 7.90. The smallest absolute Gasteiger partial charge is 0.407 e. The second kappa shape index (κ2) is 14.3. The minimum Gasteiger partial charge on any atom is -0.483 e. The Kier molecular flexibility index (Phi) is 11.2. The molecule has 0 aliphatic carbocycles. The van der Waals surface area contributed by atoms with Crippen LogP contribution >= 0.6 is 0 Å². The van der Waals surface area contributed by atoms with E-state index in [1.54, 1.807) is 18.7 Å². The number of sulfonamides is 1. The number of alkyl carbamates (subject to hydrolysis) is 1. The summed E-state index contributed by atoms with van der Waals surface area (Å²) in [6, 6.07) is -0.548. The number of rotatable bonds is 12. The number of primary amides is 1. The maximum Gasteiger partial charge on any atom is 0.407 e. The van der Waals surface area contributed by atoms with E-state index in [1.165, 1.54) is 6.08 Å². The van der Waals surface area contributed by atoms with Gasteiger partial charge in [-0.05, 0) is 83.1 Å². The molecule has 1 aromatic rings. The van der Waals surface area contributed by atoms with Gasteiger partial charge in [-0.2, -0.15) is 8.42 Å². The Morgan fingerprint density at radius 3 is 2.58 bits per heavy atom. The average molecular weight is 620 g/mol. The van der Waals surface area contributed by atoms with Crippen molar-refractivity contribution in [1.29, 1.82) is 0 Å². The van der Waals surface area contributed by atoms with E-state index in [9.17, 15) is 18.0 Å². The van der Waals surface area contributed by atoms with E-state index >= 15 is 0 Å². The maximum atomic E-state index is 13.8. The van der Waals surface area contributed by atoms with Gasteiger partial charge < -0.3 is 35.9 Å². The second-order valence-corrected chi connectivity index (χ2v) is 13.0. The number of hydrogen-bond acceptors (Lipinski definition) is 7. The van der Waals surface area contributed by atoms with E-state index in [2.05, 4.69) is 16.3 Å². The normalized spacial score (nSPS) is 19.7. The third-order valence-electron chi connectivity index (χ3n) is 7.57. The first-order valence-electron chi connectivity index (χ1n) is 14.5. The van der Waals surface area contributed by atoms with Crippen molar-refractivity contribution in [3.8, 4) is 5.75 Å². The second-order valence-electron chi connectivity index (χ2n) is 11.4. The molecule has 13 heteroatoms. The molecule has 0 spiro atoms. The van der Waals surface area contributed by atoms with Crippen LogP contribution in [0.3, 0.4) is 0 Å². The monoisotopic (exact) mass is 619 g/mol. The van der Waals surface area contributed by atoms with Crippen LogP contribution in [0.4, 0.5) is 4.79 Å². The molecule has 1 fully saturated rings. The van der Waals surface area contributed by atoms with Crippen LogP contribution in [0.1, 0.15) is 74.6 Å². The van der Waals surface area contributed by atoms with Crippen LogP contribution in [0.5, 0.6) is 5.75 Å². The number of hydrogen-bond donors (Lipinski definition) is 3. The Bertz CT molecular complexity index is 1390. The summed E-state index contributed by atoms with van der Waals surface area (Å²) in [5.41, 5.74) is 13.6. The van der Waals surface area contributed by atoms with Gasteiger partial charge in [0.15, 0.2) is 6.23 Å². The zero-order valence-corrected chi connectivity index (χ0v) is 26.6. The molecule has 0 saturated carbocycles. The van der Waals surface area contributed by atoms with E-state index < -0.39 is 34.0 Å². The predicted molar refractivity (Wildman–Crippen MR) is 165 cm³/mol. The molecule has 0 radical (unpaired) electrons. The van der Waals surface area contributed by atoms with Gasteiger partial charge in [0.05, 0.1) is 10.9 Å². The molecule has 0 bridgehead atoms. The molecule has 12 nitrogen and oxygen atoms in total. The zero-order chi connectivity index (χ0) is 31.9. The van der Waals surface area contributed by atoms with Crippen molar-refractivity contribution in [3.63, 3.8) is 0 Å². The predicted octanol–water partition coefficient (Wildman–Crippen LogP) is 3.56. The van der Waals surface area contributed by atoms with Crippen molar-refractivity contribution in [3.05, 3.63) is 41.0 Å². The van der Waals surface area contributed by atoms with Gasteiger partial charge in [-0.15, -0.1) is 4.40 Å². The summed E-state index contributed by atoms with van der Waals surface area (Å²) in [6.07, 6.45) is 7.16. The first-order chi connectivity index (χ1) is 20.2. The third kappa shape index (κ3) is 8.50. The van der Waals surface area contributed by atoms with E-state index in [0.29, 0.717) is 66.7 Å². The number of benzene rings is 1. The van der Waals surface area contributed by atoms with E-state index in [0.717, 1.165) is 0 Å². The highest BCUT2D eigenvalue weighted by atomic mass is 32.2. The molecular formula is C30H45N5O7S. The molecule has 238 valence electrons. The van der Waals surface area contributed by atoms with Crippen LogP contribution < -0.4 is 21.5 Å². The molecule has 2 heterocycles. The van der Waals surface area contributed by atoms with E-state index in [1.807, 2.05) is 32.9 Å². The molecule has 43 heavy (non-hydrogen) atoms. The largest absolute Gasteiger partial charge is 0.483 e. The number of nitrogens with zero attached hydrogens (tertiary/aromatic N) is 2. The quantitative estimate of drug-likeness (QED) is 0.137. The molecule has 3 rings (SSSR count). The molecule has 2 atom stereocenters. The summed E-state index contributed by atoms with van der Waals surface area (Å²) < 4.78 is 49.2. The number of piperidine rings is 1. The topological polar surface area (TPSA) is 176 Å². The van der Waals surface area contributed by atoms with Gasteiger partial charge in [-0.25, -0.2) is 4.79 Å². The van der Waals surface area contributed by atoms with Crippen molar-refractivity contribution < 1.29 is 32.2 Å². The molecule has 0 aromatic heterocycles. The molecule has 1 unspecified atom stereocenters. The van der Waals surface area contributed by atoms with Crippen molar-refractivity contribution in [2.24, 2.45) is 15.9 Å². The van der Waals surface area contributed by atoms with E-state index in [4.69, 9.17) is 25.7 Å². The molecule has 2 aliphatic heterocycles. The first kappa shape index (κ1) is 33.9. The van der Waals surface area contributed by atoms with Crippen molar-refractivity contribution in [1.82, 2.24) is 10.2 Å². The summed E-state index contributed by atoms with van der Waals surface area (Å²) in [5.74, 6) is 0.0432. The number of nitrogens with two attached hydrogens (primary N) is 2. The van der Waals surface area contributed by atoms with Crippen molar-refractivity contribution in [2.45, 2.75) is 95.9 Å². The van der Waals surface area contributed by atoms with Gasteiger partial charge in [0.25, 0.3) is 10.0 Å². The number of unbranched alkanes of at least 4 members (excludes halogenated alkanes) is 2. The molecule has 2 aliphatic rings. The van der Waals surface area contributed by atoms with Crippen LogP contribution in [-0.4, -0.2) is 68.9 Å². The Balaban J connectivity index is 1.91. The number of carbonyl (C=O) groups excluding carboxylic acids is 2. The highest BCUT2D eigenvalue weighted by Crippen LogP contribution is 2.41. The van der Waals surface area contributed by atoms with Crippen LogP contribution in [-0.2, 0) is 24.3 Å². The maximum absolute atomic E-state index is 13.8. The lowest BCUT2D eigenvalue weighted by atomic mass is 9.94. The van der Waals surface area contributed by atoms with Crippen molar-refractivity contribution in [2.75, 3.05) is 19.8 Å². The molecular weight excluding hydrogens is 574 g/mol. The minimum absolute atomic E-state index is 0.0338. The van der Waals surface area contributed by atoms with Gasteiger partial charge in [-0.3, -0.25) is 4.79 Å². The molecule has 5 N–H and O–H groups in total. The third-order valence-corrected chi connectivity index (χ3v) is 9.13. The summed E-state index contributed by atoms with van der Waals surface area (Å²) >= 11 is 0. The minimum atomic E-state index is -4.26. The molecule has 2 amide bonds. The molecule has 1 aromatic carbocycles. The number of carbonyl (C=O) groups is 2.